The third-order valence-corrected chi connectivity index (χ3v) is 6.35. The van der Waals surface area contributed by atoms with Gasteiger partial charge in [0.15, 0.2) is 10.9 Å². The van der Waals surface area contributed by atoms with E-state index in [0.717, 1.165) is 22.9 Å². The van der Waals surface area contributed by atoms with Gasteiger partial charge in [-0.3, -0.25) is 14.3 Å². The Labute approximate surface area is 174 Å². The van der Waals surface area contributed by atoms with Crippen molar-refractivity contribution in [2.45, 2.75) is 11.8 Å². The van der Waals surface area contributed by atoms with Crippen LogP contribution in [-0.4, -0.2) is 25.1 Å². The number of nitrogens with one attached hydrogen (secondary N) is 1. The molecule has 7 heteroatoms. The highest BCUT2D eigenvalue weighted by Gasteiger charge is 2.15. The van der Waals surface area contributed by atoms with Crippen molar-refractivity contribution >= 4 is 38.4 Å². The fraction of sp³-hybridized carbons (Fsp3) is 0.0909. The summed E-state index contributed by atoms with van der Waals surface area (Å²) in [6.07, 6.45) is 0. The first-order valence-corrected chi connectivity index (χ1v) is 11.3. The third-order valence-electron chi connectivity index (χ3n) is 4.14. The van der Waals surface area contributed by atoms with E-state index in [1.807, 2.05) is 30.3 Å². The maximum absolute atomic E-state index is 12.6. The van der Waals surface area contributed by atoms with Crippen LogP contribution in [0, 0.1) is 0 Å². The summed E-state index contributed by atoms with van der Waals surface area (Å²) in [4.78, 5) is 23.1. The van der Waals surface area contributed by atoms with Crippen LogP contribution < -0.4 is 4.72 Å². The summed E-state index contributed by atoms with van der Waals surface area (Å²) >= 11 is 0.945. The number of sulfonamides is 1. The summed E-state index contributed by atoms with van der Waals surface area (Å²) in [6, 6.07) is 22.5. The molecule has 0 aliphatic rings. The molecular weight excluding hydrogens is 406 g/mol. The number of hydrogen-bond acceptors (Lipinski definition) is 5. The summed E-state index contributed by atoms with van der Waals surface area (Å²) in [6.45, 7) is 1.40. The zero-order valence-corrected chi connectivity index (χ0v) is 17.3. The number of ketones is 1. The molecule has 3 aromatic carbocycles. The molecule has 0 amide bonds. The van der Waals surface area contributed by atoms with Crippen LogP contribution in [0.1, 0.15) is 17.3 Å². The molecular formula is C22H19NO4S2. The van der Waals surface area contributed by atoms with Crippen LogP contribution >= 0.6 is 11.8 Å². The van der Waals surface area contributed by atoms with Crippen LogP contribution in [0.15, 0.2) is 83.8 Å². The van der Waals surface area contributed by atoms with Crippen molar-refractivity contribution in [3.63, 3.8) is 0 Å². The predicted molar refractivity (Wildman–Crippen MR) is 117 cm³/mol. The van der Waals surface area contributed by atoms with Crippen molar-refractivity contribution in [3.05, 3.63) is 84.4 Å². The summed E-state index contributed by atoms with van der Waals surface area (Å²) in [5.41, 5.74) is 2.71. The van der Waals surface area contributed by atoms with Gasteiger partial charge in [0.2, 0.25) is 0 Å². The lowest BCUT2D eigenvalue weighted by Crippen LogP contribution is -2.13. The maximum Gasteiger partial charge on any atom is 0.261 e. The van der Waals surface area contributed by atoms with Gasteiger partial charge in [-0.2, -0.15) is 0 Å². The molecule has 0 heterocycles. The average Bonchev–Trinajstić information content (AvgIpc) is 2.73. The Bertz CT molecular complexity index is 1110. The van der Waals surface area contributed by atoms with Gasteiger partial charge in [0.1, 0.15) is 0 Å². The van der Waals surface area contributed by atoms with Crippen molar-refractivity contribution in [2.24, 2.45) is 0 Å². The minimum absolute atomic E-state index is 0.0637. The molecule has 0 radical (unpaired) electrons. The summed E-state index contributed by atoms with van der Waals surface area (Å²) in [5.74, 6) is -0.120. The molecule has 29 heavy (non-hydrogen) atoms. The minimum Gasteiger partial charge on any atom is -0.293 e. The Hall–Kier alpha value is -2.90. The first kappa shape index (κ1) is 20.8. The highest BCUT2D eigenvalue weighted by Crippen LogP contribution is 2.23. The highest BCUT2D eigenvalue weighted by atomic mass is 32.2. The molecule has 5 nitrogen and oxygen atoms in total. The van der Waals surface area contributed by atoms with E-state index in [2.05, 4.69) is 4.72 Å². The Morgan fingerprint density at radius 1 is 0.828 bits per heavy atom. The van der Waals surface area contributed by atoms with Crippen LogP contribution in [-0.2, 0) is 14.8 Å². The number of carbonyl (C=O) groups is 2. The predicted octanol–water partition coefficient (Wildman–Crippen LogP) is 4.62. The number of Topliss-reactive ketones (excluding diaryl/α,β-unsaturated/α-hetero) is 1. The Morgan fingerprint density at radius 3 is 2.00 bits per heavy atom. The normalized spacial score (nSPS) is 11.1. The fourth-order valence-corrected chi connectivity index (χ4v) is 4.21. The van der Waals surface area contributed by atoms with Crippen LogP contribution in [0.4, 0.5) is 5.69 Å². The number of thioether (sulfide) groups is 1. The van der Waals surface area contributed by atoms with E-state index in [0.29, 0.717) is 11.3 Å². The van der Waals surface area contributed by atoms with Gasteiger partial charge in [-0.05, 0) is 47.5 Å². The number of carbonyl (C=O) groups excluding carboxylic acids is 2. The second-order valence-electron chi connectivity index (χ2n) is 6.28. The van der Waals surface area contributed by atoms with E-state index in [9.17, 15) is 18.0 Å². The van der Waals surface area contributed by atoms with Gasteiger partial charge in [0, 0.05) is 18.2 Å². The Kier molecular flexibility index (Phi) is 6.51. The van der Waals surface area contributed by atoms with Crippen molar-refractivity contribution in [3.8, 4) is 11.1 Å². The van der Waals surface area contributed by atoms with Gasteiger partial charge in [0.05, 0.1) is 10.6 Å². The summed E-state index contributed by atoms with van der Waals surface area (Å²) in [5, 5.41) is -0.124. The monoisotopic (exact) mass is 425 g/mol. The molecule has 0 saturated carbocycles. The van der Waals surface area contributed by atoms with Crippen LogP contribution in [0.3, 0.4) is 0 Å². The number of hydrogen-bond donors (Lipinski definition) is 1. The molecule has 0 aliphatic heterocycles. The molecule has 1 N–H and O–H groups in total. The molecule has 0 unspecified atom stereocenters. The molecule has 0 aliphatic carbocycles. The highest BCUT2D eigenvalue weighted by molar-refractivity contribution is 8.14. The standard InChI is InChI=1S/C22H19NO4S2/c1-16(24)28-15-22(25)19-7-11-20(12-8-19)23-29(26,27)21-13-9-18(10-14-21)17-5-3-2-4-6-17/h2-14,23H,15H2,1H3. The van der Waals surface area contributed by atoms with Crippen molar-refractivity contribution in [1.29, 1.82) is 0 Å². The number of benzene rings is 3. The molecule has 0 spiro atoms. The largest absolute Gasteiger partial charge is 0.293 e. The van der Waals surface area contributed by atoms with E-state index >= 15 is 0 Å². The molecule has 0 atom stereocenters. The van der Waals surface area contributed by atoms with E-state index < -0.39 is 10.0 Å². The average molecular weight is 426 g/mol. The van der Waals surface area contributed by atoms with E-state index in [1.54, 1.807) is 36.4 Å². The van der Waals surface area contributed by atoms with E-state index in [1.165, 1.54) is 19.1 Å². The summed E-state index contributed by atoms with van der Waals surface area (Å²) in [7, 11) is -3.75. The first-order chi connectivity index (χ1) is 13.8. The molecule has 148 valence electrons. The van der Waals surface area contributed by atoms with E-state index in [4.69, 9.17) is 0 Å². The molecule has 0 bridgehead atoms. The van der Waals surface area contributed by atoms with Gasteiger partial charge in [-0.15, -0.1) is 0 Å². The maximum atomic E-state index is 12.6. The fourth-order valence-electron chi connectivity index (χ4n) is 2.65. The minimum atomic E-state index is -3.75. The molecule has 0 fully saturated rings. The summed E-state index contributed by atoms with van der Waals surface area (Å²) < 4.78 is 27.8. The molecule has 0 saturated heterocycles. The van der Waals surface area contributed by atoms with Gasteiger partial charge in [-0.25, -0.2) is 8.42 Å². The van der Waals surface area contributed by atoms with Gasteiger partial charge in [0.25, 0.3) is 10.0 Å². The number of anilines is 1. The second kappa shape index (κ2) is 9.07. The smallest absolute Gasteiger partial charge is 0.261 e. The topological polar surface area (TPSA) is 80.3 Å². The van der Waals surface area contributed by atoms with Crippen molar-refractivity contribution in [2.75, 3.05) is 10.5 Å². The molecule has 0 aromatic heterocycles. The van der Waals surface area contributed by atoms with Crippen LogP contribution in [0.2, 0.25) is 0 Å². The lowest BCUT2D eigenvalue weighted by atomic mass is 10.1. The van der Waals surface area contributed by atoms with Gasteiger partial charge in [-0.1, -0.05) is 54.2 Å². The van der Waals surface area contributed by atoms with Crippen molar-refractivity contribution < 1.29 is 18.0 Å². The molecule has 3 rings (SSSR count). The first-order valence-electron chi connectivity index (χ1n) is 8.80. The van der Waals surface area contributed by atoms with Crippen LogP contribution in [0.5, 0.6) is 0 Å². The van der Waals surface area contributed by atoms with Gasteiger partial charge < -0.3 is 0 Å². The third kappa shape index (κ3) is 5.56. The van der Waals surface area contributed by atoms with Crippen molar-refractivity contribution in [1.82, 2.24) is 0 Å². The SMILES string of the molecule is CC(=O)SCC(=O)c1ccc(NS(=O)(=O)c2ccc(-c3ccccc3)cc2)cc1. The zero-order chi connectivity index (χ0) is 20.9. The Balaban J connectivity index is 1.70. The van der Waals surface area contributed by atoms with E-state index in [-0.39, 0.29) is 21.5 Å². The zero-order valence-electron chi connectivity index (χ0n) is 15.7. The number of rotatable bonds is 7. The molecule has 3 aromatic rings. The quantitative estimate of drug-likeness (QED) is 0.559. The van der Waals surface area contributed by atoms with Crippen LogP contribution in [0.25, 0.3) is 11.1 Å². The Morgan fingerprint density at radius 2 is 1.41 bits per heavy atom. The lowest BCUT2D eigenvalue weighted by Gasteiger charge is -2.10. The lowest BCUT2D eigenvalue weighted by molar-refractivity contribution is -0.109. The van der Waals surface area contributed by atoms with Gasteiger partial charge >= 0.3 is 0 Å². The second-order valence-corrected chi connectivity index (χ2v) is 9.11.